The molecule has 1 aliphatic rings. The van der Waals surface area contributed by atoms with Gasteiger partial charge in [-0.2, -0.15) is 0 Å². The van der Waals surface area contributed by atoms with Crippen LogP contribution in [-0.4, -0.2) is 45.0 Å². The lowest BCUT2D eigenvalue weighted by atomic mass is 10.2. The normalized spacial score (nSPS) is 17.7. The summed E-state index contributed by atoms with van der Waals surface area (Å²) in [6, 6.07) is 5.83. The van der Waals surface area contributed by atoms with Crippen LogP contribution < -0.4 is 10.6 Å². The molecule has 0 aromatic carbocycles. The van der Waals surface area contributed by atoms with E-state index in [2.05, 4.69) is 30.8 Å². The van der Waals surface area contributed by atoms with Crippen molar-refractivity contribution in [1.82, 2.24) is 30.4 Å². The van der Waals surface area contributed by atoms with Gasteiger partial charge < -0.3 is 19.9 Å². The van der Waals surface area contributed by atoms with E-state index < -0.39 is 0 Å². The molecule has 1 unspecified atom stereocenters. The minimum atomic E-state index is 0.249. The van der Waals surface area contributed by atoms with Crippen molar-refractivity contribution >= 4 is 5.96 Å². The molecule has 8 nitrogen and oxygen atoms in total. The molecule has 1 atom stereocenters. The molecular weight excluding hydrogens is 318 g/mol. The fraction of sp³-hybridized carbons (Fsp3) is 0.529. The van der Waals surface area contributed by atoms with Gasteiger partial charge in [-0.15, -0.1) is 10.2 Å². The van der Waals surface area contributed by atoms with E-state index in [0.717, 1.165) is 49.3 Å². The molecule has 3 rings (SSSR count). The van der Waals surface area contributed by atoms with Crippen molar-refractivity contribution < 1.29 is 4.74 Å². The number of aryl methyl sites for hydroxylation is 1. The molecule has 2 N–H and O–H groups in total. The van der Waals surface area contributed by atoms with E-state index in [1.165, 1.54) is 0 Å². The van der Waals surface area contributed by atoms with Crippen LogP contribution in [0.25, 0.3) is 0 Å². The summed E-state index contributed by atoms with van der Waals surface area (Å²) in [5.41, 5.74) is 0.926. The summed E-state index contributed by atoms with van der Waals surface area (Å²) < 4.78 is 7.63. The number of hydrogen-bond donors (Lipinski definition) is 2. The second kappa shape index (κ2) is 8.57. The summed E-state index contributed by atoms with van der Waals surface area (Å²) in [7, 11) is 1.96. The lowest BCUT2D eigenvalue weighted by Crippen LogP contribution is -2.41. The number of nitrogens with one attached hydrogen (secondary N) is 2. The second-order valence-corrected chi connectivity index (χ2v) is 6.08. The molecule has 2 aromatic rings. The smallest absolute Gasteiger partial charge is 0.192 e. The van der Waals surface area contributed by atoms with E-state index in [0.29, 0.717) is 13.1 Å². The van der Waals surface area contributed by atoms with Gasteiger partial charge in [0.2, 0.25) is 0 Å². The standard InChI is InChI=1S/C17H25N7O/c1-13-22-23-16(24(13)2)12-21-17(20-11-15-7-5-9-25-15)19-10-14-6-3-4-8-18-14/h3-4,6,8,15H,5,7,9-12H2,1-2H3,(H2,19,20,21). The second-order valence-electron chi connectivity index (χ2n) is 6.08. The summed E-state index contributed by atoms with van der Waals surface area (Å²) in [4.78, 5) is 8.94. The number of aromatic nitrogens is 4. The number of ether oxygens (including phenoxy) is 1. The minimum absolute atomic E-state index is 0.249. The van der Waals surface area contributed by atoms with Crippen molar-refractivity contribution in [3.63, 3.8) is 0 Å². The van der Waals surface area contributed by atoms with Crippen molar-refractivity contribution in [3.8, 4) is 0 Å². The lowest BCUT2D eigenvalue weighted by Gasteiger charge is -2.15. The Balaban J connectivity index is 1.61. The molecule has 1 aliphatic heterocycles. The van der Waals surface area contributed by atoms with Crippen LogP contribution in [0.5, 0.6) is 0 Å². The lowest BCUT2D eigenvalue weighted by molar-refractivity contribution is 0.113. The molecule has 0 spiro atoms. The molecule has 0 bridgehead atoms. The van der Waals surface area contributed by atoms with Gasteiger partial charge in [-0.1, -0.05) is 6.07 Å². The maximum Gasteiger partial charge on any atom is 0.192 e. The fourth-order valence-corrected chi connectivity index (χ4v) is 2.61. The van der Waals surface area contributed by atoms with Gasteiger partial charge in [0.25, 0.3) is 0 Å². The monoisotopic (exact) mass is 343 g/mol. The summed E-state index contributed by atoms with van der Waals surface area (Å²) in [5.74, 6) is 2.47. The highest BCUT2D eigenvalue weighted by Crippen LogP contribution is 2.10. The fourth-order valence-electron chi connectivity index (χ4n) is 2.61. The van der Waals surface area contributed by atoms with E-state index >= 15 is 0 Å². The zero-order valence-electron chi connectivity index (χ0n) is 14.8. The molecule has 8 heteroatoms. The van der Waals surface area contributed by atoms with Crippen molar-refractivity contribution in [2.45, 2.75) is 39.0 Å². The largest absolute Gasteiger partial charge is 0.376 e. The van der Waals surface area contributed by atoms with Gasteiger partial charge in [-0.25, -0.2) is 4.99 Å². The van der Waals surface area contributed by atoms with Crippen LogP contribution in [0, 0.1) is 6.92 Å². The SMILES string of the molecule is Cc1nnc(CNC(=NCc2ccccn2)NCC2CCCO2)n1C. The van der Waals surface area contributed by atoms with Gasteiger partial charge in [0.15, 0.2) is 11.8 Å². The van der Waals surface area contributed by atoms with Gasteiger partial charge in [0.05, 0.1) is 24.9 Å². The zero-order chi connectivity index (χ0) is 17.5. The van der Waals surface area contributed by atoms with Crippen molar-refractivity contribution in [1.29, 1.82) is 0 Å². The number of hydrogen-bond acceptors (Lipinski definition) is 5. The molecule has 134 valence electrons. The van der Waals surface area contributed by atoms with Crippen LogP contribution in [0.4, 0.5) is 0 Å². The molecule has 0 amide bonds. The van der Waals surface area contributed by atoms with Gasteiger partial charge >= 0.3 is 0 Å². The van der Waals surface area contributed by atoms with Crippen molar-refractivity contribution in [3.05, 3.63) is 41.7 Å². The quantitative estimate of drug-likeness (QED) is 0.599. The minimum Gasteiger partial charge on any atom is -0.376 e. The van der Waals surface area contributed by atoms with Gasteiger partial charge in [0.1, 0.15) is 5.82 Å². The van der Waals surface area contributed by atoms with Crippen molar-refractivity contribution in [2.75, 3.05) is 13.2 Å². The predicted octanol–water partition coefficient (Wildman–Crippen LogP) is 0.933. The Morgan fingerprint density at radius 3 is 2.96 bits per heavy atom. The molecule has 1 saturated heterocycles. The van der Waals surface area contributed by atoms with Crippen molar-refractivity contribution in [2.24, 2.45) is 12.0 Å². The highest BCUT2D eigenvalue weighted by molar-refractivity contribution is 5.79. The van der Waals surface area contributed by atoms with E-state index in [1.807, 2.05) is 36.7 Å². The maximum absolute atomic E-state index is 5.67. The third-order valence-corrected chi connectivity index (χ3v) is 4.24. The summed E-state index contributed by atoms with van der Waals surface area (Å²) >= 11 is 0. The molecule has 0 aliphatic carbocycles. The molecule has 0 saturated carbocycles. The van der Waals surface area contributed by atoms with Crippen LogP contribution in [0.15, 0.2) is 29.4 Å². The average Bonchev–Trinajstić information content (AvgIpc) is 3.27. The van der Waals surface area contributed by atoms with Gasteiger partial charge in [-0.3, -0.25) is 4.98 Å². The number of pyridine rings is 1. The highest BCUT2D eigenvalue weighted by atomic mass is 16.5. The first kappa shape index (κ1) is 17.3. The van der Waals surface area contributed by atoms with E-state index in [1.54, 1.807) is 6.20 Å². The molecule has 2 aromatic heterocycles. The average molecular weight is 343 g/mol. The van der Waals surface area contributed by atoms with Crippen LogP contribution in [-0.2, 0) is 24.9 Å². The number of guanidine groups is 1. The van der Waals surface area contributed by atoms with E-state index in [4.69, 9.17) is 4.74 Å². The third-order valence-electron chi connectivity index (χ3n) is 4.24. The first-order chi connectivity index (χ1) is 12.2. The van der Waals surface area contributed by atoms with Gasteiger partial charge in [0, 0.05) is 26.4 Å². The number of nitrogens with zero attached hydrogens (tertiary/aromatic N) is 5. The summed E-state index contributed by atoms with van der Waals surface area (Å²) in [6.45, 7) is 4.59. The Morgan fingerprint density at radius 1 is 1.36 bits per heavy atom. The van der Waals surface area contributed by atoms with Crippen LogP contribution >= 0.6 is 0 Å². The topological polar surface area (TPSA) is 89.2 Å². The zero-order valence-corrected chi connectivity index (χ0v) is 14.8. The maximum atomic E-state index is 5.67. The van der Waals surface area contributed by atoms with E-state index in [-0.39, 0.29) is 6.10 Å². The first-order valence-corrected chi connectivity index (χ1v) is 8.61. The van der Waals surface area contributed by atoms with Gasteiger partial charge in [-0.05, 0) is 31.9 Å². The summed E-state index contributed by atoms with van der Waals surface area (Å²) in [5, 5.41) is 14.9. The molecular formula is C17H25N7O. The predicted molar refractivity (Wildman–Crippen MR) is 94.9 cm³/mol. The molecule has 3 heterocycles. The summed E-state index contributed by atoms with van der Waals surface area (Å²) in [6.07, 6.45) is 4.24. The van der Waals surface area contributed by atoms with Crippen LogP contribution in [0.2, 0.25) is 0 Å². The Bertz CT molecular complexity index is 692. The molecule has 25 heavy (non-hydrogen) atoms. The highest BCUT2D eigenvalue weighted by Gasteiger charge is 2.16. The Hall–Kier alpha value is -2.48. The Kier molecular flexibility index (Phi) is 5.95. The van der Waals surface area contributed by atoms with E-state index in [9.17, 15) is 0 Å². The third kappa shape index (κ3) is 4.99. The Morgan fingerprint density at radius 2 is 2.28 bits per heavy atom. The Labute approximate surface area is 147 Å². The number of rotatable bonds is 6. The van der Waals surface area contributed by atoms with Crippen LogP contribution in [0.1, 0.15) is 30.2 Å². The van der Waals surface area contributed by atoms with Crippen LogP contribution in [0.3, 0.4) is 0 Å². The molecule has 0 radical (unpaired) electrons. The molecule has 1 fully saturated rings. The first-order valence-electron chi connectivity index (χ1n) is 8.61. The number of aliphatic imine (C=N–C) groups is 1.